The Morgan fingerprint density at radius 3 is 2.70 bits per heavy atom. The number of piperazine rings is 1. The second kappa shape index (κ2) is 6.67. The molecule has 0 aliphatic carbocycles. The molecule has 2 rings (SSSR count). The minimum absolute atomic E-state index is 0.0137. The number of carboxylic acids is 1. The van der Waals surface area contributed by atoms with Crippen LogP contribution in [-0.4, -0.2) is 84.5 Å². The van der Waals surface area contributed by atoms with Crippen LogP contribution in [0, 0.1) is 0 Å². The van der Waals surface area contributed by atoms with E-state index in [2.05, 4.69) is 10.6 Å². The van der Waals surface area contributed by atoms with Gasteiger partial charge in [-0.3, -0.25) is 24.6 Å². The van der Waals surface area contributed by atoms with E-state index in [0.29, 0.717) is 32.7 Å². The van der Waals surface area contributed by atoms with Crippen molar-refractivity contribution in [2.45, 2.75) is 12.5 Å². The molecule has 3 N–H and O–H groups in total. The molecule has 1 unspecified atom stereocenters. The number of nitrogens with zero attached hydrogens (tertiary/aromatic N) is 2. The van der Waals surface area contributed by atoms with Gasteiger partial charge in [0.05, 0.1) is 13.1 Å². The first-order valence-corrected chi connectivity index (χ1v) is 6.79. The normalized spacial score (nSPS) is 24.9. The molecule has 2 fully saturated rings. The maximum atomic E-state index is 12.3. The van der Waals surface area contributed by atoms with Crippen LogP contribution in [0.2, 0.25) is 0 Å². The molecule has 0 spiro atoms. The number of nitrogens with one attached hydrogen (secondary N) is 2. The maximum absolute atomic E-state index is 12.3. The summed E-state index contributed by atoms with van der Waals surface area (Å²) in [6.45, 7) is 2.89. The van der Waals surface area contributed by atoms with E-state index < -0.39 is 5.97 Å². The lowest BCUT2D eigenvalue weighted by Gasteiger charge is -2.29. The number of carbonyl (C=O) groups excluding carboxylic acids is 2. The number of amides is 2. The first-order valence-electron chi connectivity index (χ1n) is 6.79. The molecule has 2 heterocycles. The quantitative estimate of drug-likeness (QED) is 0.538. The predicted octanol–water partition coefficient (Wildman–Crippen LogP) is -2.31. The van der Waals surface area contributed by atoms with Crippen LogP contribution in [0.1, 0.15) is 6.42 Å². The van der Waals surface area contributed by atoms with Gasteiger partial charge in [-0.1, -0.05) is 0 Å². The zero-order valence-electron chi connectivity index (χ0n) is 11.3. The monoisotopic (exact) mass is 284 g/mol. The molecule has 0 bridgehead atoms. The summed E-state index contributed by atoms with van der Waals surface area (Å²) in [6.07, 6.45) is 0.762. The zero-order valence-corrected chi connectivity index (χ0v) is 11.3. The molecule has 20 heavy (non-hydrogen) atoms. The minimum Gasteiger partial charge on any atom is -0.480 e. The van der Waals surface area contributed by atoms with Crippen molar-refractivity contribution in [3.8, 4) is 0 Å². The van der Waals surface area contributed by atoms with E-state index in [4.69, 9.17) is 5.11 Å². The van der Waals surface area contributed by atoms with E-state index in [1.165, 1.54) is 0 Å². The Bertz CT molecular complexity index is 391. The van der Waals surface area contributed by atoms with Gasteiger partial charge in [0.2, 0.25) is 11.8 Å². The molecule has 112 valence electrons. The minimum atomic E-state index is -0.846. The maximum Gasteiger partial charge on any atom is 0.317 e. The lowest BCUT2D eigenvalue weighted by Crippen LogP contribution is -2.59. The van der Waals surface area contributed by atoms with Gasteiger partial charge in [0.1, 0.15) is 6.04 Å². The van der Waals surface area contributed by atoms with Crippen molar-refractivity contribution >= 4 is 17.8 Å². The van der Waals surface area contributed by atoms with Crippen LogP contribution in [0.5, 0.6) is 0 Å². The molecule has 2 aliphatic heterocycles. The van der Waals surface area contributed by atoms with Crippen molar-refractivity contribution < 1.29 is 19.5 Å². The lowest BCUT2D eigenvalue weighted by atomic mass is 10.2. The summed E-state index contributed by atoms with van der Waals surface area (Å²) in [7, 11) is 0. The van der Waals surface area contributed by atoms with Crippen LogP contribution in [0.3, 0.4) is 0 Å². The van der Waals surface area contributed by atoms with Gasteiger partial charge in [0.15, 0.2) is 0 Å². The number of rotatable bonds is 3. The molecule has 2 saturated heterocycles. The van der Waals surface area contributed by atoms with Gasteiger partial charge in [-0.05, 0) is 6.42 Å². The van der Waals surface area contributed by atoms with Gasteiger partial charge in [0, 0.05) is 32.7 Å². The van der Waals surface area contributed by atoms with Gasteiger partial charge >= 0.3 is 5.97 Å². The van der Waals surface area contributed by atoms with Crippen molar-refractivity contribution in [3.05, 3.63) is 0 Å². The largest absolute Gasteiger partial charge is 0.480 e. The van der Waals surface area contributed by atoms with E-state index >= 15 is 0 Å². The van der Waals surface area contributed by atoms with Crippen molar-refractivity contribution in [1.82, 2.24) is 20.4 Å². The summed E-state index contributed by atoms with van der Waals surface area (Å²) < 4.78 is 0. The van der Waals surface area contributed by atoms with Gasteiger partial charge < -0.3 is 15.3 Å². The Morgan fingerprint density at radius 1 is 1.25 bits per heavy atom. The molecule has 0 aromatic heterocycles. The Balaban J connectivity index is 1.85. The van der Waals surface area contributed by atoms with E-state index in [1.807, 2.05) is 4.90 Å². The smallest absolute Gasteiger partial charge is 0.317 e. The Kier molecular flexibility index (Phi) is 4.91. The molecule has 0 radical (unpaired) electrons. The number of carboxylic acid groups (broad SMARTS) is 1. The van der Waals surface area contributed by atoms with E-state index in [-0.39, 0.29) is 30.9 Å². The molecular weight excluding hydrogens is 264 g/mol. The molecule has 1 atom stereocenters. The molecular formula is C12H20N4O4. The summed E-state index contributed by atoms with van der Waals surface area (Å²) in [5.74, 6) is -0.971. The molecule has 8 heteroatoms. The molecule has 0 saturated carbocycles. The number of hydrogen-bond donors (Lipinski definition) is 3. The number of carbonyl (C=O) groups is 3. The Labute approximate surface area is 117 Å². The molecule has 0 aromatic carbocycles. The molecule has 2 aliphatic rings. The molecule has 8 nitrogen and oxygen atoms in total. The van der Waals surface area contributed by atoms with E-state index in [9.17, 15) is 14.4 Å². The second-order valence-corrected chi connectivity index (χ2v) is 5.09. The topological polar surface area (TPSA) is 102 Å². The average molecular weight is 284 g/mol. The van der Waals surface area contributed by atoms with Gasteiger partial charge in [-0.25, -0.2) is 0 Å². The fraction of sp³-hybridized carbons (Fsp3) is 0.750. The van der Waals surface area contributed by atoms with Gasteiger partial charge in [-0.2, -0.15) is 0 Å². The summed E-state index contributed by atoms with van der Waals surface area (Å²) in [6, 6.07) is -0.376. The summed E-state index contributed by atoms with van der Waals surface area (Å²) >= 11 is 0. The fourth-order valence-electron chi connectivity index (χ4n) is 2.50. The molecule has 2 amide bonds. The summed E-state index contributed by atoms with van der Waals surface area (Å²) in [5, 5.41) is 14.4. The lowest BCUT2D eigenvalue weighted by molar-refractivity contribution is -0.138. The number of aliphatic carboxylic acids is 1. The van der Waals surface area contributed by atoms with Crippen LogP contribution in [-0.2, 0) is 14.4 Å². The van der Waals surface area contributed by atoms with Gasteiger partial charge in [-0.15, -0.1) is 0 Å². The third-order valence-electron chi connectivity index (χ3n) is 3.57. The van der Waals surface area contributed by atoms with Crippen LogP contribution < -0.4 is 10.6 Å². The second-order valence-electron chi connectivity index (χ2n) is 5.09. The summed E-state index contributed by atoms with van der Waals surface area (Å²) in [4.78, 5) is 37.7. The van der Waals surface area contributed by atoms with Crippen molar-refractivity contribution in [3.63, 3.8) is 0 Å². The summed E-state index contributed by atoms with van der Waals surface area (Å²) in [5.41, 5.74) is 0. The molecule has 0 aromatic rings. The Hall–Kier alpha value is -1.67. The van der Waals surface area contributed by atoms with Gasteiger partial charge in [0.25, 0.3) is 0 Å². The zero-order chi connectivity index (χ0) is 14.5. The van der Waals surface area contributed by atoms with Crippen LogP contribution in [0.25, 0.3) is 0 Å². The first-order chi connectivity index (χ1) is 9.56. The highest BCUT2D eigenvalue weighted by atomic mass is 16.4. The third-order valence-corrected chi connectivity index (χ3v) is 3.57. The SMILES string of the molecule is O=C(O)CN1CCCN(C(=O)C2CNC(=O)CN2)CC1. The van der Waals surface area contributed by atoms with Crippen molar-refractivity contribution in [1.29, 1.82) is 0 Å². The average Bonchev–Trinajstić information content (AvgIpc) is 2.64. The Morgan fingerprint density at radius 2 is 2.05 bits per heavy atom. The van der Waals surface area contributed by atoms with Crippen LogP contribution in [0.15, 0.2) is 0 Å². The highest BCUT2D eigenvalue weighted by molar-refractivity contribution is 5.86. The highest BCUT2D eigenvalue weighted by Gasteiger charge is 2.29. The fourth-order valence-corrected chi connectivity index (χ4v) is 2.50. The van der Waals surface area contributed by atoms with Crippen LogP contribution >= 0.6 is 0 Å². The van der Waals surface area contributed by atoms with Crippen LogP contribution in [0.4, 0.5) is 0 Å². The standard InChI is InChI=1S/C12H20N4O4/c17-10-7-13-9(6-14-10)12(20)16-3-1-2-15(4-5-16)8-11(18)19/h9,13H,1-8H2,(H,14,17)(H,18,19). The van der Waals surface area contributed by atoms with E-state index in [1.54, 1.807) is 4.90 Å². The first kappa shape index (κ1) is 14.7. The van der Waals surface area contributed by atoms with Crippen molar-refractivity contribution in [2.24, 2.45) is 0 Å². The predicted molar refractivity (Wildman–Crippen MR) is 70.1 cm³/mol. The van der Waals surface area contributed by atoms with Crippen molar-refractivity contribution in [2.75, 3.05) is 45.8 Å². The van der Waals surface area contributed by atoms with E-state index in [0.717, 1.165) is 6.42 Å². The third kappa shape index (κ3) is 3.91. The highest BCUT2D eigenvalue weighted by Crippen LogP contribution is 2.06. The number of hydrogen-bond acceptors (Lipinski definition) is 5.